The molecule has 0 aromatic heterocycles. The maximum atomic E-state index is 8.96. The van der Waals surface area contributed by atoms with Crippen molar-refractivity contribution in [3.05, 3.63) is 29.8 Å². The summed E-state index contributed by atoms with van der Waals surface area (Å²) < 4.78 is 0. The third-order valence-electron chi connectivity index (χ3n) is 3.84. The van der Waals surface area contributed by atoms with E-state index in [1.54, 1.807) is 0 Å². The van der Waals surface area contributed by atoms with Crippen molar-refractivity contribution in [3.8, 4) is 0 Å². The molecule has 0 atom stereocenters. The molecule has 1 saturated heterocycles. The van der Waals surface area contributed by atoms with Crippen LogP contribution in [0.2, 0.25) is 0 Å². The number of benzene rings is 1. The summed E-state index contributed by atoms with van der Waals surface area (Å²) in [5, 5.41) is 13.1. The maximum Gasteiger partial charge on any atom is 0.173 e. The fraction of sp³-hybridized carbons (Fsp3) is 0.533. The lowest BCUT2D eigenvalue weighted by Crippen LogP contribution is -3.15. The molecule has 0 radical (unpaired) electrons. The lowest BCUT2D eigenvalue weighted by atomic mass is 10.1. The van der Waals surface area contributed by atoms with Crippen LogP contribution in [0.1, 0.15) is 12.5 Å². The molecule has 0 bridgehead atoms. The zero-order valence-corrected chi connectivity index (χ0v) is 12.9. The average molecular weight is 294 g/mol. The van der Waals surface area contributed by atoms with E-state index in [4.69, 9.17) is 17.3 Å². The lowest BCUT2D eigenvalue weighted by molar-refractivity contribution is -0.904. The Kier molecular flexibility index (Phi) is 5.76. The number of thiocarbonyl (C=S) groups is 1. The van der Waals surface area contributed by atoms with E-state index in [2.05, 4.69) is 41.4 Å². The van der Waals surface area contributed by atoms with Crippen molar-refractivity contribution < 1.29 is 10.0 Å². The number of hydrogen-bond donors (Lipinski definition) is 3. The van der Waals surface area contributed by atoms with Crippen molar-refractivity contribution in [1.29, 1.82) is 0 Å². The van der Waals surface area contributed by atoms with Gasteiger partial charge in [0.15, 0.2) is 5.11 Å². The lowest BCUT2D eigenvalue weighted by Gasteiger charge is -2.33. The molecular formula is C15H24N3OS+. The van der Waals surface area contributed by atoms with Crippen LogP contribution in [0.15, 0.2) is 24.3 Å². The Labute approximate surface area is 126 Å². The molecule has 0 amide bonds. The Morgan fingerprint density at radius 2 is 1.95 bits per heavy atom. The van der Waals surface area contributed by atoms with Crippen LogP contribution in [0.4, 0.5) is 5.69 Å². The molecule has 110 valence electrons. The molecule has 3 N–H and O–H groups in total. The molecule has 1 aromatic rings. The summed E-state index contributed by atoms with van der Waals surface area (Å²) in [6.45, 7) is 7.24. The molecule has 1 aliphatic heterocycles. The van der Waals surface area contributed by atoms with Gasteiger partial charge < -0.3 is 20.2 Å². The fourth-order valence-corrected chi connectivity index (χ4v) is 2.76. The van der Waals surface area contributed by atoms with Gasteiger partial charge in [-0.15, -0.1) is 0 Å². The minimum absolute atomic E-state index is 0.266. The smallest absolute Gasteiger partial charge is 0.173 e. The summed E-state index contributed by atoms with van der Waals surface area (Å²) in [6, 6.07) is 8.43. The van der Waals surface area contributed by atoms with Crippen molar-refractivity contribution >= 4 is 23.0 Å². The second-order valence-corrected chi connectivity index (χ2v) is 5.58. The highest BCUT2D eigenvalue weighted by atomic mass is 32.1. The zero-order chi connectivity index (χ0) is 14.4. The topological polar surface area (TPSA) is 39.9 Å². The number of anilines is 1. The second kappa shape index (κ2) is 7.57. The molecule has 5 heteroatoms. The number of aliphatic hydroxyl groups excluding tert-OH is 1. The third kappa shape index (κ3) is 4.16. The Morgan fingerprint density at radius 3 is 2.50 bits per heavy atom. The molecule has 1 fully saturated rings. The van der Waals surface area contributed by atoms with E-state index in [0.29, 0.717) is 0 Å². The summed E-state index contributed by atoms with van der Waals surface area (Å²) in [4.78, 5) is 3.67. The van der Waals surface area contributed by atoms with E-state index in [-0.39, 0.29) is 6.61 Å². The minimum Gasteiger partial charge on any atom is -0.391 e. The van der Waals surface area contributed by atoms with Gasteiger partial charge in [0.05, 0.1) is 32.8 Å². The summed E-state index contributed by atoms with van der Waals surface area (Å²) in [7, 11) is 0. The van der Waals surface area contributed by atoms with Gasteiger partial charge in [-0.1, -0.05) is 19.1 Å². The quantitative estimate of drug-likeness (QED) is 0.691. The van der Waals surface area contributed by atoms with Gasteiger partial charge in [0.1, 0.15) is 6.54 Å². The van der Waals surface area contributed by atoms with E-state index >= 15 is 0 Å². The van der Waals surface area contributed by atoms with Crippen molar-refractivity contribution in [1.82, 2.24) is 4.90 Å². The van der Waals surface area contributed by atoms with Crippen molar-refractivity contribution in [2.24, 2.45) is 0 Å². The van der Waals surface area contributed by atoms with Crippen LogP contribution in [-0.4, -0.2) is 54.4 Å². The first-order valence-electron chi connectivity index (χ1n) is 7.32. The van der Waals surface area contributed by atoms with Crippen LogP contribution in [0.3, 0.4) is 0 Å². The third-order valence-corrected chi connectivity index (χ3v) is 4.20. The van der Waals surface area contributed by atoms with Crippen LogP contribution in [0.5, 0.6) is 0 Å². The van der Waals surface area contributed by atoms with E-state index in [1.165, 1.54) is 10.5 Å². The molecule has 20 heavy (non-hydrogen) atoms. The van der Waals surface area contributed by atoms with Crippen molar-refractivity contribution in [2.75, 3.05) is 44.6 Å². The van der Waals surface area contributed by atoms with Crippen molar-refractivity contribution in [2.45, 2.75) is 13.3 Å². The first-order valence-corrected chi connectivity index (χ1v) is 7.73. The van der Waals surface area contributed by atoms with Gasteiger partial charge in [-0.05, 0) is 36.3 Å². The normalized spacial score (nSPS) is 16.2. The summed E-state index contributed by atoms with van der Waals surface area (Å²) in [6.07, 6.45) is 1.06. The predicted molar refractivity (Wildman–Crippen MR) is 86.3 cm³/mol. The number of nitrogens with one attached hydrogen (secondary N) is 2. The number of rotatable bonds is 4. The standard InChI is InChI=1S/C15H23N3OS/c1-2-13-3-5-14(6-4-13)16-15(20)18-9-7-17(8-10-18)11-12-19/h3-6,19H,2,7-12H2,1H3,(H,16,20)/p+1. The first-order chi connectivity index (χ1) is 9.72. The Morgan fingerprint density at radius 1 is 1.30 bits per heavy atom. The number of quaternary nitrogens is 1. The zero-order valence-electron chi connectivity index (χ0n) is 12.1. The second-order valence-electron chi connectivity index (χ2n) is 5.19. The molecule has 1 aliphatic rings. The first kappa shape index (κ1) is 15.2. The van der Waals surface area contributed by atoms with Gasteiger partial charge in [-0.2, -0.15) is 0 Å². The monoisotopic (exact) mass is 294 g/mol. The van der Waals surface area contributed by atoms with E-state index < -0.39 is 0 Å². The molecule has 0 spiro atoms. The molecule has 2 rings (SSSR count). The number of aryl methyl sites for hydroxylation is 1. The van der Waals surface area contributed by atoms with Crippen LogP contribution in [0, 0.1) is 0 Å². The summed E-state index contributed by atoms with van der Waals surface area (Å²) >= 11 is 5.48. The minimum atomic E-state index is 0.266. The van der Waals surface area contributed by atoms with Gasteiger partial charge >= 0.3 is 0 Å². The molecule has 0 saturated carbocycles. The summed E-state index contributed by atoms with van der Waals surface area (Å²) in [5.74, 6) is 0. The molecule has 0 unspecified atom stereocenters. The number of hydrogen-bond acceptors (Lipinski definition) is 2. The maximum absolute atomic E-state index is 8.96. The molecular weight excluding hydrogens is 270 g/mol. The largest absolute Gasteiger partial charge is 0.391 e. The highest BCUT2D eigenvalue weighted by molar-refractivity contribution is 7.80. The highest BCUT2D eigenvalue weighted by Crippen LogP contribution is 2.11. The Bertz CT molecular complexity index is 427. The van der Waals surface area contributed by atoms with Gasteiger partial charge in [-0.25, -0.2) is 0 Å². The molecule has 1 aromatic carbocycles. The average Bonchev–Trinajstić information content (AvgIpc) is 2.49. The van der Waals surface area contributed by atoms with Crippen molar-refractivity contribution in [3.63, 3.8) is 0 Å². The Balaban J connectivity index is 1.83. The number of aliphatic hydroxyl groups is 1. The van der Waals surface area contributed by atoms with Gasteiger partial charge in [0, 0.05) is 5.69 Å². The van der Waals surface area contributed by atoms with Gasteiger partial charge in [0.25, 0.3) is 0 Å². The fourth-order valence-electron chi connectivity index (χ4n) is 2.46. The molecule has 4 nitrogen and oxygen atoms in total. The van der Waals surface area contributed by atoms with Crippen LogP contribution in [0.25, 0.3) is 0 Å². The van der Waals surface area contributed by atoms with Gasteiger partial charge in [-0.3, -0.25) is 0 Å². The molecule has 1 heterocycles. The highest BCUT2D eigenvalue weighted by Gasteiger charge is 2.21. The molecule has 0 aliphatic carbocycles. The van der Waals surface area contributed by atoms with Gasteiger partial charge in [0.2, 0.25) is 0 Å². The Hall–Kier alpha value is -1.17. The van der Waals surface area contributed by atoms with Crippen LogP contribution < -0.4 is 10.2 Å². The van der Waals surface area contributed by atoms with E-state index in [9.17, 15) is 0 Å². The predicted octanol–water partition coefficient (Wildman–Crippen LogP) is 0.139. The van der Waals surface area contributed by atoms with E-state index in [1.807, 2.05) is 0 Å². The number of piperazine rings is 1. The van der Waals surface area contributed by atoms with Crippen LogP contribution in [-0.2, 0) is 6.42 Å². The van der Waals surface area contributed by atoms with E-state index in [0.717, 1.165) is 49.9 Å². The SMILES string of the molecule is CCc1ccc(NC(=S)N2CC[NH+](CCO)CC2)cc1. The van der Waals surface area contributed by atoms with Crippen LogP contribution >= 0.6 is 12.2 Å². The summed E-state index contributed by atoms with van der Waals surface area (Å²) in [5.41, 5.74) is 2.39. The number of nitrogens with zero attached hydrogens (tertiary/aromatic N) is 1.